The zero-order chi connectivity index (χ0) is 8.10. The molecule has 1 atom stereocenters. The molecule has 66 valence electrons. The van der Waals surface area contributed by atoms with E-state index >= 15 is 0 Å². The Balaban J connectivity index is 2.31. The van der Waals surface area contributed by atoms with E-state index in [0.717, 1.165) is 32.7 Å². The van der Waals surface area contributed by atoms with Crippen molar-refractivity contribution >= 4 is 0 Å². The number of rotatable bonds is 3. The molecule has 0 radical (unpaired) electrons. The molecule has 0 amide bonds. The normalized spacial score (nSPS) is 27.3. The van der Waals surface area contributed by atoms with E-state index in [4.69, 9.17) is 9.84 Å². The molecule has 0 saturated carbocycles. The van der Waals surface area contributed by atoms with E-state index in [-0.39, 0.29) is 6.61 Å². The average molecular weight is 159 g/mol. The van der Waals surface area contributed by atoms with Crippen molar-refractivity contribution in [3.63, 3.8) is 0 Å². The van der Waals surface area contributed by atoms with Crippen molar-refractivity contribution in [3.05, 3.63) is 0 Å². The van der Waals surface area contributed by atoms with Crippen LogP contribution in [0.4, 0.5) is 0 Å². The van der Waals surface area contributed by atoms with Crippen molar-refractivity contribution in [2.75, 3.05) is 32.9 Å². The van der Waals surface area contributed by atoms with Crippen LogP contribution in [0.2, 0.25) is 0 Å². The molecule has 1 rings (SSSR count). The molecule has 0 bridgehead atoms. The van der Waals surface area contributed by atoms with Gasteiger partial charge in [-0.25, -0.2) is 0 Å². The van der Waals surface area contributed by atoms with Gasteiger partial charge in [0.15, 0.2) is 0 Å². The molecular formula is C8H17NO2. The first-order valence-corrected chi connectivity index (χ1v) is 4.31. The van der Waals surface area contributed by atoms with E-state index in [0.29, 0.717) is 6.04 Å². The van der Waals surface area contributed by atoms with Crippen molar-refractivity contribution in [3.8, 4) is 0 Å². The lowest BCUT2D eigenvalue weighted by Crippen LogP contribution is -2.46. The summed E-state index contributed by atoms with van der Waals surface area (Å²) in [5, 5.41) is 8.75. The zero-order valence-corrected chi connectivity index (χ0v) is 7.12. The van der Waals surface area contributed by atoms with Gasteiger partial charge in [0.25, 0.3) is 0 Å². The second-order valence-corrected chi connectivity index (χ2v) is 2.90. The molecular weight excluding hydrogens is 142 g/mol. The lowest BCUT2D eigenvalue weighted by Gasteiger charge is -2.34. The summed E-state index contributed by atoms with van der Waals surface area (Å²) < 4.78 is 5.33. The summed E-state index contributed by atoms with van der Waals surface area (Å²) >= 11 is 0. The Bertz CT molecular complexity index is 106. The number of morpholine rings is 1. The minimum atomic E-state index is 0.260. The van der Waals surface area contributed by atoms with Crippen molar-refractivity contribution in [1.29, 1.82) is 0 Å². The summed E-state index contributed by atoms with van der Waals surface area (Å²) in [4.78, 5) is 2.30. The number of ether oxygens (including phenoxy) is 1. The summed E-state index contributed by atoms with van der Waals surface area (Å²) in [6.07, 6.45) is 1.11. The monoisotopic (exact) mass is 159 g/mol. The third-order valence-corrected chi connectivity index (χ3v) is 2.21. The van der Waals surface area contributed by atoms with Crippen LogP contribution in [0, 0.1) is 0 Å². The molecule has 0 aromatic rings. The summed E-state index contributed by atoms with van der Waals surface area (Å²) in [6, 6.07) is 0.524. The molecule has 1 N–H and O–H groups in total. The van der Waals surface area contributed by atoms with Crippen LogP contribution in [0.15, 0.2) is 0 Å². The highest BCUT2D eigenvalue weighted by atomic mass is 16.5. The molecule has 1 saturated heterocycles. The summed E-state index contributed by atoms with van der Waals surface area (Å²) in [7, 11) is 0. The van der Waals surface area contributed by atoms with Crippen LogP contribution in [-0.4, -0.2) is 49.0 Å². The van der Waals surface area contributed by atoms with Gasteiger partial charge in [0.1, 0.15) is 0 Å². The first-order valence-electron chi connectivity index (χ1n) is 4.31. The predicted octanol–water partition coefficient (Wildman–Crippen LogP) is 0.0895. The Hall–Kier alpha value is -0.120. The Labute approximate surface area is 68.0 Å². The molecule has 0 aromatic carbocycles. The van der Waals surface area contributed by atoms with Crippen LogP contribution >= 0.6 is 0 Å². The first-order chi connectivity index (χ1) is 5.38. The van der Waals surface area contributed by atoms with Gasteiger partial charge >= 0.3 is 0 Å². The minimum Gasteiger partial charge on any atom is -0.395 e. The number of nitrogens with zero attached hydrogens (tertiary/aromatic N) is 1. The Kier molecular flexibility index (Phi) is 3.83. The van der Waals surface area contributed by atoms with Crippen LogP contribution in [0.1, 0.15) is 13.3 Å². The van der Waals surface area contributed by atoms with E-state index in [1.165, 1.54) is 0 Å². The van der Waals surface area contributed by atoms with Crippen LogP contribution in [-0.2, 0) is 4.74 Å². The van der Waals surface area contributed by atoms with Gasteiger partial charge in [-0.05, 0) is 6.42 Å². The average Bonchev–Trinajstić information content (AvgIpc) is 2.06. The lowest BCUT2D eigenvalue weighted by atomic mass is 10.2. The fourth-order valence-electron chi connectivity index (χ4n) is 1.49. The maximum atomic E-state index is 8.75. The third-order valence-electron chi connectivity index (χ3n) is 2.21. The number of β-amino-alcohol motifs (C(OH)–C–C–N with tert-alkyl or cyclic N) is 1. The van der Waals surface area contributed by atoms with Gasteiger partial charge in [-0.3, -0.25) is 4.90 Å². The molecule has 0 aliphatic carbocycles. The maximum absolute atomic E-state index is 8.75. The minimum absolute atomic E-state index is 0.260. The molecule has 1 fully saturated rings. The van der Waals surface area contributed by atoms with Crippen molar-refractivity contribution in [2.24, 2.45) is 0 Å². The molecule has 1 aliphatic rings. The van der Waals surface area contributed by atoms with Gasteiger partial charge in [0.2, 0.25) is 0 Å². The highest BCUT2D eigenvalue weighted by Crippen LogP contribution is 2.08. The molecule has 1 aliphatic heterocycles. The Morgan fingerprint density at radius 3 is 3.09 bits per heavy atom. The van der Waals surface area contributed by atoms with Crippen LogP contribution in [0.25, 0.3) is 0 Å². The fraction of sp³-hybridized carbons (Fsp3) is 1.00. The van der Waals surface area contributed by atoms with E-state index in [9.17, 15) is 0 Å². The molecule has 1 unspecified atom stereocenters. The standard InChI is InChI=1S/C8H17NO2/c1-2-8-7-11-6-4-9(8)3-5-10/h8,10H,2-7H2,1H3. The van der Waals surface area contributed by atoms with E-state index in [1.807, 2.05) is 0 Å². The summed E-state index contributed by atoms with van der Waals surface area (Å²) in [6.45, 7) is 5.83. The number of hydrogen-bond acceptors (Lipinski definition) is 3. The number of hydrogen-bond donors (Lipinski definition) is 1. The second-order valence-electron chi connectivity index (χ2n) is 2.90. The quantitative estimate of drug-likeness (QED) is 0.633. The maximum Gasteiger partial charge on any atom is 0.0622 e. The number of aliphatic hydroxyl groups is 1. The molecule has 0 aromatic heterocycles. The van der Waals surface area contributed by atoms with E-state index in [1.54, 1.807) is 0 Å². The van der Waals surface area contributed by atoms with E-state index < -0.39 is 0 Å². The van der Waals surface area contributed by atoms with Gasteiger partial charge in [0.05, 0.1) is 19.8 Å². The summed E-state index contributed by atoms with van der Waals surface area (Å²) in [5.74, 6) is 0. The topological polar surface area (TPSA) is 32.7 Å². The van der Waals surface area contributed by atoms with Crippen molar-refractivity contribution in [1.82, 2.24) is 4.90 Å². The van der Waals surface area contributed by atoms with Gasteiger partial charge in [-0.1, -0.05) is 6.92 Å². The highest BCUT2D eigenvalue weighted by molar-refractivity contribution is 4.73. The van der Waals surface area contributed by atoms with Crippen molar-refractivity contribution in [2.45, 2.75) is 19.4 Å². The second kappa shape index (κ2) is 4.70. The van der Waals surface area contributed by atoms with Gasteiger partial charge in [0, 0.05) is 19.1 Å². The molecule has 3 heteroatoms. The van der Waals surface area contributed by atoms with Gasteiger partial charge in [-0.15, -0.1) is 0 Å². The third kappa shape index (κ3) is 2.43. The van der Waals surface area contributed by atoms with Crippen molar-refractivity contribution < 1.29 is 9.84 Å². The van der Waals surface area contributed by atoms with Gasteiger partial charge < -0.3 is 9.84 Å². The van der Waals surface area contributed by atoms with E-state index in [2.05, 4.69) is 11.8 Å². The predicted molar refractivity (Wildman–Crippen MR) is 43.6 cm³/mol. The van der Waals surface area contributed by atoms with Crippen LogP contribution in [0.3, 0.4) is 0 Å². The van der Waals surface area contributed by atoms with Gasteiger partial charge in [-0.2, -0.15) is 0 Å². The smallest absolute Gasteiger partial charge is 0.0622 e. The highest BCUT2D eigenvalue weighted by Gasteiger charge is 2.19. The Morgan fingerprint density at radius 1 is 1.64 bits per heavy atom. The molecule has 0 spiro atoms. The Morgan fingerprint density at radius 2 is 2.45 bits per heavy atom. The first kappa shape index (κ1) is 8.97. The molecule has 3 nitrogen and oxygen atoms in total. The fourth-order valence-corrected chi connectivity index (χ4v) is 1.49. The zero-order valence-electron chi connectivity index (χ0n) is 7.12. The molecule has 11 heavy (non-hydrogen) atoms. The van der Waals surface area contributed by atoms with Crippen LogP contribution < -0.4 is 0 Å². The lowest BCUT2D eigenvalue weighted by molar-refractivity contribution is -0.0146. The molecule has 1 heterocycles. The number of aliphatic hydroxyl groups excluding tert-OH is 1. The van der Waals surface area contributed by atoms with Crippen LogP contribution in [0.5, 0.6) is 0 Å². The summed E-state index contributed by atoms with van der Waals surface area (Å²) in [5.41, 5.74) is 0. The SMILES string of the molecule is CCC1COCCN1CCO. The largest absolute Gasteiger partial charge is 0.395 e.